The molecular formula is C23H18N10S. The first-order valence-electron chi connectivity index (χ1n) is 10.8. The number of nitrogens with zero attached hydrogens (tertiary/aromatic N) is 7. The van der Waals surface area contributed by atoms with Gasteiger partial charge in [0.15, 0.2) is 17.1 Å². The van der Waals surface area contributed by atoms with Crippen molar-refractivity contribution in [3.63, 3.8) is 0 Å². The van der Waals surface area contributed by atoms with Gasteiger partial charge in [-0.05, 0) is 34.5 Å². The second-order valence-corrected chi connectivity index (χ2v) is 9.06. The lowest BCUT2D eigenvalue weighted by Gasteiger charge is -2.37. The normalized spacial score (nSPS) is 14.2. The Morgan fingerprint density at radius 1 is 1.03 bits per heavy atom. The van der Waals surface area contributed by atoms with Crippen LogP contribution >= 0.6 is 11.3 Å². The quantitative estimate of drug-likeness (QED) is 0.360. The van der Waals surface area contributed by atoms with Crippen LogP contribution in [0.5, 0.6) is 0 Å². The topological polar surface area (TPSA) is 138 Å². The van der Waals surface area contributed by atoms with Gasteiger partial charge < -0.3 is 15.6 Å². The number of imidazole rings is 1. The molecule has 0 aliphatic carbocycles. The van der Waals surface area contributed by atoms with E-state index in [0.29, 0.717) is 17.1 Å². The Balaban J connectivity index is 1.31. The van der Waals surface area contributed by atoms with Gasteiger partial charge in [-0.1, -0.05) is 0 Å². The molecule has 1 aliphatic heterocycles. The maximum atomic E-state index is 5.92. The van der Waals surface area contributed by atoms with Crippen molar-refractivity contribution in [1.29, 1.82) is 0 Å². The Labute approximate surface area is 196 Å². The van der Waals surface area contributed by atoms with Gasteiger partial charge >= 0.3 is 0 Å². The predicted molar refractivity (Wildman–Crippen MR) is 131 cm³/mol. The first-order chi connectivity index (χ1) is 16.7. The summed E-state index contributed by atoms with van der Waals surface area (Å²) < 4.78 is 0. The fourth-order valence-corrected chi connectivity index (χ4v) is 4.91. The third kappa shape index (κ3) is 3.05. The van der Waals surface area contributed by atoms with E-state index in [4.69, 9.17) is 15.7 Å². The lowest BCUT2D eigenvalue weighted by Crippen LogP contribution is -2.56. The Bertz CT molecular complexity index is 1650. The maximum Gasteiger partial charge on any atom is 0.181 e. The second kappa shape index (κ2) is 7.40. The number of hydrogen-bond donors (Lipinski definition) is 3. The number of fused-ring (bicyclic) bond motifs is 2. The van der Waals surface area contributed by atoms with Crippen molar-refractivity contribution in [2.45, 2.75) is 6.04 Å². The Hall–Kier alpha value is -4.22. The van der Waals surface area contributed by atoms with E-state index in [-0.39, 0.29) is 6.04 Å². The summed E-state index contributed by atoms with van der Waals surface area (Å²) in [7, 11) is 0. The Kier molecular flexibility index (Phi) is 4.19. The van der Waals surface area contributed by atoms with Crippen molar-refractivity contribution in [1.82, 2.24) is 40.1 Å². The van der Waals surface area contributed by atoms with E-state index in [1.165, 1.54) is 0 Å². The van der Waals surface area contributed by atoms with Crippen LogP contribution in [-0.4, -0.2) is 59.2 Å². The van der Waals surface area contributed by atoms with E-state index in [2.05, 4.69) is 51.9 Å². The van der Waals surface area contributed by atoms with Crippen molar-refractivity contribution in [3.8, 4) is 33.9 Å². The van der Waals surface area contributed by atoms with Crippen LogP contribution in [0.15, 0.2) is 53.7 Å². The Morgan fingerprint density at radius 2 is 1.97 bits per heavy atom. The molecule has 0 spiro atoms. The fourth-order valence-electron chi connectivity index (χ4n) is 4.25. The molecule has 7 rings (SSSR count). The van der Waals surface area contributed by atoms with Crippen LogP contribution in [0.4, 0.5) is 5.82 Å². The zero-order valence-electron chi connectivity index (χ0n) is 17.8. The van der Waals surface area contributed by atoms with Gasteiger partial charge in [0.1, 0.15) is 11.5 Å². The minimum Gasteiger partial charge on any atom is -0.352 e. The average molecular weight is 467 g/mol. The third-order valence-electron chi connectivity index (χ3n) is 6.02. The number of thiophene rings is 1. The zero-order valence-corrected chi connectivity index (χ0v) is 18.6. The minimum absolute atomic E-state index is 0.190. The number of anilines is 1. The molecule has 0 amide bonds. The molecule has 1 fully saturated rings. The highest BCUT2D eigenvalue weighted by Crippen LogP contribution is 2.32. The standard InChI is InChI=1S/C23H18N10S/c24-14-9-33(10-14)18-8-25-7-17(28-18)13-5-16-20(31-32-21(16)27-6-13)23-29-19-15(12-2-4-34-11-12)1-3-26-22(19)30-23/h1-8,11,14H,9-10,24H2,(H,26,29,30)(H,27,31,32). The molecule has 10 nitrogen and oxygen atoms in total. The number of nitrogens with two attached hydrogens (primary N) is 1. The molecule has 34 heavy (non-hydrogen) atoms. The van der Waals surface area contributed by atoms with Gasteiger partial charge in [-0.2, -0.15) is 16.4 Å². The second-order valence-electron chi connectivity index (χ2n) is 8.28. The van der Waals surface area contributed by atoms with Crippen LogP contribution in [0.1, 0.15) is 0 Å². The third-order valence-corrected chi connectivity index (χ3v) is 6.71. The summed E-state index contributed by atoms with van der Waals surface area (Å²) in [6.07, 6.45) is 7.04. The zero-order chi connectivity index (χ0) is 22.6. The van der Waals surface area contributed by atoms with Crippen LogP contribution in [0.2, 0.25) is 0 Å². The molecule has 0 bridgehead atoms. The first-order valence-corrected chi connectivity index (χ1v) is 11.7. The lowest BCUT2D eigenvalue weighted by molar-refractivity contribution is 0.514. The molecule has 4 N–H and O–H groups in total. The highest BCUT2D eigenvalue weighted by molar-refractivity contribution is 7.08. The molecule has 166 valence electrons. The molecule has 0 saturated carbocycles. The molecule has 1 aliphatic rings. The fraction of sp³-hybridized carbons (Fsp3) is 0.130. The number of H-pyrrole nitrogens is 2. The lowest BCUT2D eigenvalue weighted by atomic mass is 10.1. The van der Waals surface area contributed by atoms with Crippen molar-refractivity contribution < 1.29 is 0 Å². The van der Waals surface area contributed by atoms with Crippen LogP contribution in [0.3, 0.4) is 0 Å². The summed E-state index contributed by atoms with van der Waals surface area (Å²) in [4.78, 5) is 28.4. The van der Waals surface area contributed by atoms with E-state index in [9.17, 15) is 0 Å². The molecule has 6 aromatic rings. The summed E-state index contributed by atoms with van der Waals surface area (Å²) >= 11 is 1.66. The van der Waals surface area contributed by atoms with Crippen LogP contribution in [0, 0.1) is 0 Å². The highest BCUT2D eigenvalue weighted by atomic mass is 32.1. The monoisotopic (exact) mass is 466 g/mol. The first kappa shape index (κ1) is 19.3. The van der Waals surface area contributed by atoms with Gasteiger partial charge in [0.25, 0.3) is 0 Å². The summed E-state index contributed by atoms with van der Waals surface area (Å²) in [6, 6.07) is 6.28. The van der Waals surface area contributed by atoms with Crippen molar-refractivity contribution in [3.05, 3.63) is 53.7 Å². The molecule has 6 aromatic heterocycles. The largest absolute Gasteiger partial charge is 0.352 e. The van der Waals surface area contributed by atoms with Gasteiger partial charge in [0, 0.05) is 42.7 Å². The predicted octanol–water partition coefficient (Wildman–Crippen LogP) is 3.23. The van der Waals surface area contributed by atoms with Gasteiger partial charge in [-0.15, -0.1) is 0 Å². The van der Waals surface area contributed by atoms with Gasteiger partial charge in [0.2, 0.25) is 0 Å². The van der Waals surface area contributed by atoms with Gasteiger partial charge in [-0.25, -0.2) is 19.9 Å². The van der Waals surface area contributed by atoms with E-state index < -0.39 is 0 Å². The number of hydrogen-bond acceptors (Lipinski definition) is 9. The molecule has 11 heteroatoms. The molecule has 7 heterocycles. The van der Waals surface area contributed by atoms with Crippen LogP contribution < -0.4 is 10.6 Å². The SMILES string of the molecule is NC1CN(c2cncc(-c3cnc4n[nH]c(-c5nc6nccc(-c7ccsc7)c6[nH]5)c4c3)n2)C1. The maximum absolute atomic E-state index is 5.92. The number of pyridine rings is 2. The van der Waals surface area contributed by atoms with Gasteiger partial charge in [-0.3, -0.25) is 10.1 Å². The molecule has 1 saturated heterocycles. The number of rotatable bonds is 4. The summed E-state index contributed by atoms with van der Waals surface area (Å²) in [5.74, 6) is 1.47. The molecule has 0 atom stereocenters. The van der Waals surface area contributed by atoms with Crippen molar-refractivity contribution in [2.75, 3.05) is 18.0 Å². The van der Waals surface area contributed by atoms with Crippen LogP contribution in [0.25, 0.3) is 56.1 Å². The van der Waals surface area contributed by atoms with Crippen LogP contribution in [-0.2, 0) is 0 Å². The number of aromatic nitrogens is 8. The minimum atomic E-state index is 0.190. The molecular weight excluding hydrogens is 448 g/mol. The average Bonchev–Trinajstić information content (AvgIpc) is 3.60. The summed E-state index contributed by atoms with van der Waals surface area (Å²) in [5.41, 5.74) is 12.6. The number of aromatic amines is 2. The van der Waals surface area contributed by atoms with E-state index in [0.717, 1.165) is 57.9 Å². The van der Waals surface area contributed by atoms with Crippen molar-refractivity contribution in [2.24, 2.45) is 5.73 Å². The molecule has 0 unspecified atom stereocenters. The smallest absolute Gasteiger partial charge is 0.181 e. The molecule has 0 radical (unpaired) electrons. The summed E-state index contributed by atoms with van der Waals surface area (Å²) in [6.45, 7) is 1.57. The van der Waals surface area contributed by atoms with E-state index in [1.54, 1.807) is 36.1 Å². The molecule has 0 aromatic carbocycles. The summed E-state index contributed by atoms with van der Waals surface area (Å²) in [5, 5.41) is 12.5. The van der Waals surface area contributed by atoms with Crippen molar-refractivity contribution >= 4 is 39.4 Å². The van der Waals surface area contributed by atoms with E-state index in [1.807, 2.05) is 12.1 Å². The highest BCUT2D eigenvalue weighted by Gasteiger charge is 2.25. The van der Waals surface area contributed by atoms with E-state index >= 15 is 0 Å². The number of nitrogens with one attached hydrogen (secondary N) is 2. The Morgan fingerprint density at radius 3 is 2.82 bits per heavy atom. The van der Waals surface area contributed by atoms with Gasteiger partial charge in [0.05, 0.1) is 29.0 Å².